The summed E-state index contributed by atoms with van der Waals surface area (Å²) in [5.41, 5.74) is 0.484. The van der Waals surface area contributed by atoms with Crippen LogP contribution in [0.5, 0.6) is 0 Å². The van der Waals surface area contributed by atoms with Crippen LogP contribution in [-0.2, 0) is 4.74 Å². The molecule has 0 radical (unpaired) electrons. The molecule has 0 bridgehead atoms. The lowest BCUT2D eigenvalue weighted by atomic mass is 10.2. The molecular formula is C8H15NO. The van der Waals surface area contributed by atoms with E-state index < -0.39 is 0 Å². The average Bonchev–Trinajstić information content (AvgIpc) is 2.47. The predicted molar refractivity (Wildman–Crippen MR) is 40.0 cm³/mol. The molecule has 1 aliphatic heterocycles. The van der Waals surface area contributed by atoms with E-state index in [0.29, 0.717) is 11.6 Å². The summed E-state index contributed by atoms with van der Waals surface area (Å²) in [5.74, 6) is 0. The van der Waals surface area contributed by atoms with Crippen LogP contribution in [0.1, 0.15) is 26.2 Å². The second-order valence-corrected chi connectivity index (χ2v) is 3.77. The van der Waals surface area contributed by atoms with Gasteiger partial charge in [0.05, 0.1) is 6.61 Å². The van der Waals surface area contributed by atoms with Gasteiger partial charge in [-0.2, -0.15) is 0 Å². The van der Waals surface area contributed by atoms with Crippen molar-refractivity contribution in [1.29, 1.82) is 0 Å². The first-order valence-electron chi connectivity index (χ1n) is 4.14. The normalized spacial score (nSPS) is 36.3. The smallest absolute Gasteiger partial charge is 0.0620 e. The molecule has 1 atom stereocenters. The van der Waals surface area contributed by atoms with E-state index in [0.717, 1.165) is 13.2 Å². The fourth-order valence-corrected chi connectivity index (χ4v) is 1.47. The third-order valence-electron chi connectivity index (χ3n) is 2.48. The van der Waals surface area contributed by atoms with Gasteiger partial charge < -0.3 is 10.1 Å². The first-order valence-corrected chi connectivity index (χ1v) is 4.14. The lowest BCUT2D eigenvalue weighted by Gasteiger charge is -2.16. The highest BCUT2D eigenvalue weighted by atomic mass is 16.5. The Morgan fingerprint density at radius 2 is 2.30 bits per heavy atom. The zero-order valence-corrected chi connectivity index (χ0v) is 6.52. The molecular weight excluding hydrogens is 126 g/mol. The van der Waals surface area contributed by atoms with Crippen molar-refractivity contribution in [1.82, 2.24) is 5.32 Å². The summed E-state index contributed by atoms with van der Waals surface area (Å²) in [4.78, 5) is 0. The predicted octanol–water partition coefficient (Wildman–Crippen LogP) is 0.917. The standard InChI is InChI=1S/C8H15NO/c1-8(3-4-8)9-7-2-5-10-6-7/h7,9H,2-6H2,1H3. The molecule has 2 nitrogen and oxygen atoms in total. The highest BCUT2D eigenvalue weighted by Gasteiger charge is 2.39. The molecule has 2 aliphatic rings. The Balaban J connectivity index is 1.78. The van der Waals surface area contributed by atoms with Crippen molar-refractivity contribution in [3.63, 3.8) is 0 Å². The maximum atomic E-state index is 5.27. The number of ether oxygens (including phenoxy) is 1. The first-order chi connectivity index (χ1) is 4.79. The Morgan fingerprint density at radius 1 is 1.50 bits per heavy atom. The van der Waals surface area contributed by atoms with Crippen molar-refractivity contribution in [3.8, 4) is 0 Å². The maximum absolute atomic E-state index is 5.27. The summed E-state index contributed by atoms with van der Waals surface area (Å²) in [6, 6.07) is 0.646. The Labute approximate surface area is 61.9 Å². The van der Waals surface area contributed by atoms with Crippen LogP contribution >= 0.6 is 0 Å². The van der Waals surface area contributed by atoms with Crippen LogP contribution in [0.4, 0.5) is 0 Å². The van der Waals surface area contributed by atoms with E-state index in [1.165, 1.54) is 19.3 Å². The van der Waals surface area contributed by atoms with Gasteiger partial charge in [-0.3, -0.25) is 0 Å². The Bertz CT molecular complexity index is 125. The van der Waals surface area contributed by atoms with Crippen LogP contribution in [0.3, 0.4) is 0 Å². The van der Waals surface area contributed by atoms with Crippen molar-refractivity contribution in [2.75, 3.05) is 13.2 Å². The number of nitrogens with one attached hydrogen (secondary N) is 1. The van der Waals surface area contributed by atoms with Crippen molar-refractivity contribution in [3.05, 3.63) is 0 Å². The lowest BCUT2D eigenvalue weighted by molar-refractivity contribution is 0.187. The molecule has 0 spiro atoms. The van der Waals surface area contributed by atoms with Crippen molar-refractivity contribution >= 4 is 0 Å². The summed E-state index contributed by atoms with van der Waals surface area (Å²) in [6.07, 6.45) is 3.91. The number of hydrogen-bond acceptors (Lipinski definition) is 2. The minimum atomic E-state index is 0.484. The van der Waals surface area contributed by atoms with E-state index in [1.54, 1.807) is 0 Å². The van der Waals surface area contributed by atoms with Gasteiger partial charge >= 0.3 is 0 Å². The van der Waals surface area contributed by atoms with Crippen LogP contribution < -0.4 is 5.32 Å². The average molecular weight is 141 g/mol. The topological polar surface area (TPSA) is 21.3 Å². The fraction of sp³-hybridized carbons (Fsp3) is 1.00. The van der Waals surface area contributed by atoms with Gasteiger partial charge in [-0.15, -0.1) is 0 Å². The van der Waals surface area contributed by atoms with Gasteiger partial charge in [-0.25, -0.2) is 0 Å². The zero-order chi connectivity index (χ0) is 7.03. The molecule has 1 heterocycles. The van der Waals surface area contributed by atoms with Gasteiger partial charge in [0.25, 0.3) is 0 Å². The van der Waals surface area contributed by atoms with Gasteiger partial charge in [-0.05, 0) is 26.2 Å². The summed E-state index contributed by atoms with van der Waals surface area (Å²) >= 11 is 0. The molecule has 0 aromatic heterocycles. The van der Waals surface area contributed by atoms with Crippen LogP contribution in [0.2, 0.25) is 0 Å². The van der Waals surface area contributed by atoms with Gasteiger partial charge in [0.2, 0.25) is 0 Å². The summed E-state index contributed by atoms with van der Waals surface area (Å²) in [6.45, 7) is 4.18. The van der Waals surface area contributed by atoms with E-state index in [1.807, 2.05) is 0 Å². The highest BCUT2D eigenvalue weighted by molar-refractivity contribution is 4.99. The molecule has 2 heteroatoms. The third-order valence-corrected chi connectivity index (χ3v) is 2.48. The second-order valence-electron chi connectivity index (χ2n) is 3.77. The van der Waals surface area contributed by atoms with Gasteiger partial charge in [0.1, 0.15) is 0 Å². The maximum Gasteiger partial charge on any atom is 0.0620 e. The minimum Gasteiger partial charge on any atom is -0.380 e. The van der Waals surface area contributed by atoms with Crippen LogP contribution in [0.15, 0.2) is 0 Å². The molecule has 0 aromatic carbocycles. The summed E-state index contributed by atoms with van der Waals surface area (Å²) in [7, 11) is 0. The SMILES string of the molecule is CC1(NC2CCOC2)CC1. The molecule has 2 fully saturated rings. The quantitative estimate of drug-likeness (QED) is 0.617. The van der Waals surface area contributed by atoms with Gasteiger partial charge in [0, 0.05) is 18.2 Å². The molecule has 1 saturated heterocycles. The highest BCUT2D eigenvalue weighted by Crippen LogP contribution is 2.35. The largest absolute Gasteiger partial charge is 0.380 e. The molecule has 1 N–H and O–H groups in total. The Kier molecular flexibility index (Phi) is 1.46. The lowest BCUT2D eigenvalue weighted by Crippen LogP contribution is -2.38. The van der Waals surface area contributed by atoms with Crippen LogP contribution in [-0.4, -0.2) is 24.8 Å². The molecule has 0 aromatic rings. The van der Waals surface area contributed by atoms with E-state index in [2.05, 4.69) is 12.2 Å². The summed E-state index contributed by atoms with van der Waals surface area (Å²) < 4.78 is 5.27. The fourth-order valence-electron chi connectivity index (χ4n) is 1.47. The minimum absolute atomic E-state index is 0.484. The Hall–Kier alpha value is -0.0800. The third kappa shape index (κ3) is 1.32. The van der Waals surface area contributed by atoms with Gasteiger partial charge in [0.15, 0.2) is 0 Å². The zero-order valence-electron chi connectivity index (χ0n) is 6.52. The first kappa shape index (κ1) is 6.62. The number of hydrogen-bond donors (Lipinski definition) is 1. The van der Waals surface area contributed by atoms with E-state index in [-0.39, 0.29) is 0 Å². The van der Waals surface area contributed by atoms with Crippen molar-refractivity contribution in [2.24, 2.45) is 0 Å². The van der Waals surface area contributed by atoms with Crippen LogP contribution in [0.25, 0.3) is 0 Å². The van der Waals surface area contributed by atoms with Gasteiger partial charge in [-0.1, -0.05) is 0 Å². The molecule has 2 rings (SSSR count). The molecule has 1 unspecified atom stereocenters. The summed E-state index contributed by atoms with van der Waals surface area (Å²) in [5, 5.41) is 3.60. The van der Waals surface area contributed by atoms with E-state index in [4.69, 9.17) is 4.74 Å². The monoisotopic (exact) mass is 141 g/mol. The Morgan fingerprint density at radius 3 is 2.80 bits per heavy atom. The number of rotatable bonds is 2. The van der Waals surface area contributed by atoms with E-state index >= 15 is 0 Å². The molecule has 1 aliphatic carbocycles. The van der Waals surface area contributed by atoms with E-state index in [9.17, 15) is 0 Å². The van der Waals surface area contributed by atoms with Crippen molar-refractivity contribution in [2.45, 2.75) is 37.8 Å². The molecule has 0 amide bonds. The molecule has 1 saturated carbocycles. The second kappa shape index (κ2) is 2.21. The molecule has 58 valence electrons. The van der Waals surface area contributed by atoms with Crippen LogP contribution in [0, 0.1) is 0 Å². The molecule has 10 heavy (non-hydrogen) atoms. The van der Waals surface area contributed by atoms with Crippen molar-refractivity contribution < 1.29 is 4.74 Å².